The van der Waals surface area contributed by atoms with Crippen LogP contribution in [0.4, 0.5) is 0 Å². The highest BCUT2D eigenvalue weighted by Gasteiger charge is 2.27. The summed E-state index contributed by atoms with van der Waals surface area (Å²) in [5.74, 6) is 0.818. The van der Waals surface area contributed by atoms with E-state index in [2.05, 4.69) is 51.5 Å². The molecule has 4 nitrogen and oxygen atoms in total. The van der Waals surface area contributed by atoms with Crippen LogP contribution in [-0.2, 0) is 10.8 Å². The second-order valence-corrected chi connectivity index (χ2v) is 10.4. The molecule has 1 atom stereocenters. The minimum Gasteiger partial charge on any atom is -0.507 e. The molecule has 3 aromatic rings. The van der Waals surface area contributed by atoms with Crippen molar-refractivity contribution in [1.29, 1.82) is 0 Å². The van der Waals surface area contributed by atoms with E-state index in [4.69, 9.17) is 0 Å². The number of benzene rings is 2. The molecular formula is C23H30N2O2S. The van der Waals surface area contributed by atoms with Crippen LogP contribution >= 0.6 is 11.8 Å². The standard InChI is InChI=1S/C23H30N2O2S/c1-22(2,3)15-11-14(12-16(20(15)27)23(4,5)6)19(26)13-28-21-24-17-9-7-8-10-18(17)25-21/h7-12,19,26-27H,13H2,1-6H3,(H,24,25)/t19-/m1/s1. The zero-order valence-electron chi connectivity index (χ0n) is 17.5. The normalized spacial score (nSPS) is 13.8. The number of aromatic nitrogens is 2. The van der Waals surface area contributed by atoms with Crippen LogP contribution in [0.5, 0.6) is 5.75 Å². The summed E-state index contributed by atoms with van der Waals surface area (Å²) < 4.78 is 0. The Labute approximate surface area is 171 Å². The van der Waals surface area contributed by atoms with Gasteiger partial charge in [-0.2, -0.15) is 0 Å². The van der Waals surface area contributed by atoms with E-state index in [0.29, 0.717) is 11.5 Å². The monoisotopic (exact) mass is 398 g/mol. The summed E-state index contributed by atoms with van der Waals surface area (Å²) in [6.45, 7) is 12.5. The van der Waals surface area contributed by atoms with E-state index in [-0.39, 0.29) is 10.8 Å². The van der Waals surface area contributed by atoms with E-state index in [1.165, 1.54) is 11.8 Å². The van der Waals surface area contributed by atoms with Crippen LogP contribution in [0.25, 0.3) is 11.0 Å². The smallest absolute Gasteiger partial charge is 0.166 e. The van der Waals surface area contributed by atoms with Gasteiger partial charge in [-0.3, -0.25) is 0 Å². The lowest BCUT2D eigenvalue weighted by molar-refractivity contribution is 0.203. The summed E-state index contributed by atoms with van der Waals surface area (Å²) in [5.41, 5.74) is 4.04. The number of nitrogens with zero attached hydrogens (tertiary/aromatic N) is 1. The molecule has 5 heteroatoms. The van der Waals surface area contributed by atoms with Gasteiger partial charge >= 0.3 is 0 Å². The van der Waals surface area contributed by atoms with Crippen LogP contribution in [0.15, 0.2) is 41.6 Å². The third-order valence-corrected chi connectivity index (χ3v) is 5.83. The number of rotatable bonds is 4. The highest BCUT2D eigenvalue weighted by atomic mass is 32.2. The second kappa shape index (κ2) is 7.45. The molecular weight excluding hydrogens is 368 g/mol. The molecule has 0 aliphatic carbocycles. The van der Waals surface area contributed by atoms with Crippen LogP contribution in [-0.4, -0.2) is 25.9 Å². The molecule has 0 radical (unpaired) electrons. The van der Waals surface area contributed by atoms with E-state index >= 15 is 0 Å². The third-order valence-electron chi connectivity index (χ3n) is 4.88. The van der Waals surface area contributed by atoms with Crippen molar-refractivity contribution in [1.82, 2.24) is 9.97 Å². The third kappa shape index (κ3) is 4.36. The maximum atomic E-state index is 10.9. The van der Waals surface area contributed by atoms with Crippen molar-refractivity contribution >= 4 is 22.8 Å². The molecule has 0 spiro atoms. The molecule has 3 rings (SSSR count). The van der Waals surface area contributed by atoms with Gasteiger partial charge in [0.2, 0.25) is 0 Å². The molecule has 0 saturated carbocycles. The number of aromatic amines is 1. The number of H-pyrrole nitrogens is 1. The zero-order valence-corrected chi connectivity index (χ0v) is 18.3. The van der Waals surface area contributed by atoms with E-state index in [0.717, 1.165) is 32.9 Å². The molecule has 0 fully saturated rings. The fraction of sp³-hybridized carbons (Fsp3) is 0.435. The van der Waals surface area contributed by atoms with Crippen molar-refractivity contribution < 1.29 is 10.2 Å². The Kier molecular flexibility index (Phi) is 5.52. The molecule has 1 aromatic heterocycles. The number of aliphatic hydroxyl groups is 1. The summed E-state index contributed by atoms with van der Waals surface area (Å²) in [6.07, 6.45) is -0.652. The fourth-order valence-corrected chi connectivity index (χ4v) is 4.10. The number of para-hydroxylation sites is 2. The maximum absolute atomic E-state index is 10.9. The second-order valence-electron chi connectivity index (χ2n) is 9.35. The summed E-state index contributed by atoms with van der Waals surface area (Å²) >= 11 is 1.50. The number of phenols is 1. The minimum atomic E-state index is -0.652. The zero-order chi connectivity index (χ0) is 20.7. The SMILES string of the molecule is CC(C)(C)c1cc([C@H](O)CSc2nc3ccccc3[nH]2)cc(C(C)(C)C)c1O. The van der Waals surface area contributed by atoms with Crippen molar-refractivity contribution in [3.05, 3.63) is 53.1 Å². The molecule has 28 heavy (non-hydrogen) atoms. The number of imidazole rings is 1. The predicted octanol–water partition coefficient (Wildman–Crippen LogP) is 5.69. The molecule has 1 heterocycles. The molecule has 0 bridgehead atoms. The highest BCUT2D eigenvalue weighted by molar-refractivity contribution is 7.99. The Morgan fingerprint density at radius 2 is 1.57 bits per heavy atom. The van der Waals surface area contributed by atoms with Gasteiger partial charge in [0.1, 0.15) is 5.75 Å². The molecule has 0 saturated heterocycles. The van der Waals surface area contributed by atoms with Gasteiger partial charge in [0, 0.05) is 5.75 Å². The topological polar surface area (TPSA) is 69.1 Å². The van der Waals surface area contributed by atoms with Crippen molar-refractivity contribution in [2.24, 2.45) is 0 Å². The van der Waals surface area contributed by atoms with Gasteiger partial charge in [0.05, 0.1) is 17.1 Å². The van der Waals surface area contributed by atoms with E-state index < -0.39 is 6.10 Å². The number of nitrogens with one attached hydrogen (secondary N) is 1. The van der Waals surface area contributed by atoms with E-state index in [1.807, 2.05) is 36.4 Å². The number of hydrogen-bond acceptors (Lipinski definition) is 4. The lowest BCUT2D eigenvalue weighted by Crippen LogP contribution is -2.18. The number of hydrogen-bond donors (Lipinski definition) is 3. The van der Waals surface area contributed by atoms with Crippen molar-refractivity contribution in [2.75, 3.05) is 5.75 Å². The first-order valence-electron chi connectivity index (χ1n) is 9.60. The van der Waals surface area contributed by atoms with Gasteiger partial charge in [-0.25, -0.2) is 4.98 Å². The molecule has 0 amide bonds. The van der Waals surface area contributed by atoms with Crippen molar-refractivity contribution in [3.8, 4) is 5.75 Å². The summed E-state index contributed by atoms with van der Waals surface area (Å²) in [7, 11) is 0. The number of aliphatic hydroxyl groups excluding tert-OH is 1. The first kappa shape index (κ1) is 20.7. The lowest BCUT2D eigenvalue weighted by Gasteiger charge is -2.29. The van der Waals surface area contributed by atoms with E-state index in [9.17, 15) is 10.2 Å². The van der Waals surface area contributed by atoms with Gasteiger partial charge in [-0.05, 0) is 51.8 Å². The molecule has 0 aliphatic rings. The van der Waals surface area contributed by atoms with Crippen molar-refractivity contribution in [3.63, 3.8) is 0 Å². The predicted molar refractivity (Wildman–Crippen MR) is 117 cm³/mol. The Bertz CT molecular complexity index is 912. The Hall–Kier alpha value is -1.98. The lowest BCUT2D eigenvalue weighted by atomic mass is 9.78. The highest BCUT2D eigenvalue weighted by Crippen LogP contribution is 2.41. The van der Waals surface area contributed by atoms with Gasteiger partial charge in [-0.1, -0.05) is 65.4 Å². The maximum Gasteiger partial charge on any atom is 0.166 e. The molecule has 0 aliphatic heterocycles. The number of thioether (sulfide) groups is 1. The summed E-state index contributed by atoms with van der Waals surface area (Å²) in [6, 6.07) is 11.8. The van der Waals surface area contributed by atoms with Crippen LogP contribution < -0.4 is 0 Å². The van der Waals surface area contributed by atoms with Crippen LogP contribution in [0.3, 0.4) is 0 Å². The largest absolute Gasteiger partial charge is 0.507 e. The first-order chi connectivity index (χ1) is 13.0. The van der Waals surface area contributed by atoms with Gasteiger partial charge < -0.3 is 15.2 Å². The Balaban J connectivity index is 1.88. The molecule has 0 unspecified atom stereocenters. The van der Waals surface area contributed by atoms with Gasteiger partial charge in [0.25, 0.3) is 0 Å². The quantitative estimate of drug-likeness (QED) is 0.494. The van der Waals surface area contributed by atoms with Gasteiger partial charge in [0.15, 0.2) is 5.16 Å². The Morgan fingerprint density at radius 3 is 2.11 bits per heavy atom. The Morgan fingerprint density at radius 1 is 1.00 bits per heavy atom. The molecule has 150 valence electrons. The van der Waals surface area contributed by atoms with Gasteiger partial charge in [-0.15, -0.1) is 0 Å². The van der Waals surface area contributed by atoms with Crippen molar-refractivity contribution in [2.45, 2.75) is 63.6 Å². The number of phenolic OH excluding ortho intramolecular Hbond substituents is 1. The summed E-state index contributed by atoms with van der Waals surface area (Å²) in [5, 5.41) is 22.5. The fourth-order valence-electron chi connectivity index (χ4n) is 3.24. The van der Waals surface area contributed by atoms with Crippen LogP contribution in [0.2, 0.25) is 0 Å². The minimum absolute atomic E-state index is 0.217. The molecule has 2 aromatic carbocycles. The molecule has 3 N–H and O–H groups in total. The summed E-state index contributed by atoms with van der Waals surface area (Å²) in [4.78, 5) is 7.85. The number of aromatic hydroxyl groups is 1. The average molecular weight is 399 g/mol. The first-order valence-corrected chi connectivity index (χ1v) is 10.6. The number of fused-ring (bicyclic) bond motifs is 1. The van der Waals surface area contributed by atoms with Crippen LogP contribution in [0.1, 0.15) is 64.3 Å². The van der Waals surface area contributed by atoms with E-state index in [1.54, 1.807) is 0 Å². The average Bonchev–Trinajstić information content (AvgIpc) is 3.00. The van der Waals surface area contributed by atoms with Crippen LogP contribution in [0, 0.1) is 0 Å².